The van der Waals surface area contributed by atoms with Crippen LogP contribution in [0.15, 0.2) is 24.5 Å². The van der Waals surface area contributed by atoms with E-state index in [0.717, 1.165) is 5.56 Å². The Hall–Kier alpha value is -1.47. The Morgan fingerprint density at radius 3 is 2.61 bits per heavy atom. The molecule has 1 unspecified atom stereocenters. The number of carbonyl (C=O) groups excluding carboxylic acids is 1. The largest absolute Gasteiger partial charge is 0.468 e. The van der Waals surface area contributed by atoms with Crippen LogP contribution in [-0.2, 0) is 26.0 Å². The van der Waals surface area contributed by atoms with Crippen molar-refractivity contribution in [2.45, 2.75) is 19.4 Å². The van der Waals surface area contributed by atoms with E-state index in [0.29, 0.717) is 6.42 Å². The van der Waals surface area contributed by atoms with Crippen LogP contribution in [0.2, 0.25) is 0 Å². The third-order valence-electron chi connectivity index (χ3n) is 2.32. The molecule has 0 saturated carbocycles. The predicted octanol–water partition coefficient (Wildman–Crippen LogP) is 0.105. The average molecular weight is 272 g/mol. The van der Waals surface area contributed by atoms with Crippen LogP contribution >= 0.6 is 0 Å². The summed E-state index contributed by atoms with van der Waals surface area (Å²) in [4.78, 5) is 15.0. The zero-order valence-electron chi connectivity index (χ0n) is 10.3. The lowest BCUT2D eigenvalue weighted by Crippen LogP contribution is -2.40. The van der Waals surface area contributed by atoms with Crippen molar-refractivity contribution in [3.05, 3.63) is 30.1 Å². The third kappa shape index (κ3) is 4.80. The van der Waals surface area contributed by atoms with E-state index in [1.165, 1.54) is 14.0 Å². The van der Waals surface area contributed by atoms with Crippen molar-refractivity contribution in [1.82, 2.24) is 9.71 Å². The molecule has 1 aromatic heterocycles. The summed E-state index contributed by atoms with van der Waals surface area (Å²) in [6.07, 6.45) is 3.57. The lowest BCUT2D eigenvalue weighted by molar-refractivity contribution is -0.142. The fourth-order valence-corrected chi connectivity index (χ4v) is 2.61. The first-order valence-electron chi connectivity index (χ1n) is 5.41. The minimum Gasteiger partial charge on any atom is -0.468 e. The van der Waals surface area contributed by atoms with Gasteiger partial charge < -0.3 is 4.74 Å². The van der Waals surface area contributed by atoms with Crippen LogP contribution in [0.3, 0.4) is 0 Å². The summed E-state index contributed by atoms with van der Waals surface area (Å²) in [6.45, 7) is 1.44. The Morgan fingerprint density at radius 2 is 2.06 bits per heavy atom. The Morgan fingerprint density at radius 1 is 1.44 bits per heavy atom. The van der Waals surface area contributed by atoms with Crippen molar-refractivity contribution in [2.24, 2.45) is 0 Å². The van der Waals surface area contributed by atoms with Gasteiger partial charge in [0.05, 0.1) is 12.9 Å². The number of methoxy groups -OCH3 is 1. The maximum absolute atomic E-state index is 11.7. The fraction of sp³-hybridized carbons (Fsp3) is 0.455. The summed E-state index contributed by atoms with van der Waals surface area (Å²) < 4.78 is 30.1. The zero-order chi connectivity index (χ0) is 13.6. The fourth-order valence-electron chi connectivity index (χ4n) is 1.35. The number of nitrogens with zero attached hydrogens (tertiary/aromatic N) is 1. The second kappa shape index (κ2) is 6.46. The van der Waals surface area contributed by atoms with E-state index in [2.05, 4.69) is 14.4 Å². The molecule has 0 aliphatic heterocycles. The predicted molar refractivity (Wildman–Crippen MR) is 66.3 cm³/mol. The van der Waals surface area contributed by atoms with Crippen LogP contribution in [0, 0.1) is 0 Å². The monoisotopic (exact) mass is 272 g/mol. The summed E-state index contributed by atoms with van der Waals surface area (Å²) in [7, 11) is -2.29. The lowest BCUT2D eigenvalue weighted by atomic mass is 10.2. The first-order chi connectivity index (χ1) is 8.44. The first-order valence-corrected chi connectivity index (χ1v) is 7.06. The molecule has 100 valence electrons. The number of sulfonamides is 1. The molecule has 0 radical (unpaired) electrons. The van der Waals surface area contributed by atoms with Gasteiger partial charge in [-0.1, -0.05) is 0 Å². The smallest absolute Gasteiger partial charge is 0.323 e. The van der Waals surface area contributed by atoms with E-state index < -0.39 is 22.0 Å². The van der Waals surface area contributed by atoms with Gasteiger partial charge in [0.15, 0.2) is 0 Å². The normalized spacial score (nSPS) is 13.0. The molecule has 7 heteroatoms. The number of carbonyl (C=O) groups is 1. The molecule has 0 aliphatic rings. The van der Waals surface area contributed by atoms with Gasteiger partial charge in [0.2, 0.25) is 10.0 Å². The highest BCUT2D eigenvalue weighted by molar-refractivity contribution is 7.89. The minimum absolute atomic E-state index is 0.0850. The van der Waals surface area contributed by atoms with Gasteiger partial charge in [0.25, 0.3) is 0 Å². The Bertz CT molecular complexity index is 487. The van der Waals surface area contributed by atoms with Crippen LogP contribution in [0.5, 0.6) is 0 Å². The summed E-state index contributed by atoms with van der Waals surface area (Å²) in [6, 6.07) is 2.62. The van der Waals surface area contributed by atoms with Gasteiger partial charge in [-0.2, -0.15) is 0 Å². The molecule has 0 bridgehead atoms. The summed E-state index contributed by atoms with van der Waals surface area (Å²) in [5, 5.41) is 0. The maximum Gasteiger partial charge on any atom is 0.323 e. The second-order valence-electron chi connectivity index (χ2n) is 3.79. The highest BCUT2D eigenvalue weighted by Crippen LogP contribution is 2.01. The summed E-state index contributed by atoms with van der Waals surface area (Å²) in [5.74, 6) is -0.694. The van der Waals surface area contributed by atoms with Crippen LogP contribution in [0.25, 0.3) is 0 Å². The lowest BCUT2D eigenvalue weighted by Gasteiger charge is -2.11. The molecule has 1 heterocycles. The van der Waals surface area contributed by atoms with Crippen LogP contribution in [0.4, 0.5) is 0 Å². The first kappa shape index (κ1) is 14.6. The van der Waals surface area contributed by atoms with Gasteiger partial charge in [-0.05, 0) is 31.0 Å². The Kier molecular flexibility index (Phi) is 5.24. The molecular weight excluding hydrogens is 256 g/mol. The van der Waals surface area contributed by atoms with Crippen LogP contribution in [0.1, 0.15) is 12.5 Å². The van der Waals surface area contributed by atoms with Crippen molar-refractivity contribution in [2.75, 3.05) is 12.9 Å². The van der Waals surface area contributed by atoms with Crippen LogP contribution in [-0.4, -0.2) is 38.3 Å². The third-order valence-corrected chi connectivity index (χ3v) is 3.77. The molecule has 18 heavy (non-hydrogen) atoms. The number of pyridine rings is 1. The Labute approximate surface area is 106 Å². The molecule has 0 spiro atoms. The molecule has 0 amide bonds. The Balaban J connectivity index is 2.53. The second-order valence-corrected chi connectivity index (χ2v) is 5.66. The molecule has 6 nitrogen and oxygen atoms in total. The van der Waals surface area contributed by atoms with Crippen molar-refractivity contribution in [3.63, 3.8) is 0 Å². The van der Waals surface area contributed by atoms with Crippen molar-refractivity contribution >= 4 is 16.0 Å². The number of aryl methyl sites for hydroxylation is 1. The molecule has 0 aromatic carbocycles. The molecule has 0 aliphatic carbocycles. The van der Waals surface area contributed by atoms with Gasteiger partial charge >= 0.3 is 5.97 Å². The molecule has 1 N–H and O–H groups in total. The quantitative estimate of drug-likeness (QED) is 0.743. The van der Waals surface area contributed by atoms with E-state index in [-0.39, 0.29) is 5.75 Å². The van der Waals surface area contributed by atoms with Crippen LogP contribution < -0.4 is 4.72 Å². The van der Waals surface area contributed by atoms with Crippen molar-refractivity contribution < 1.29 is 17.9 Å². The van der Waals surface area contributed by atoms with Gasteiger partial charge in [-0.15, -0.1) is 0 Å². The summed E-state index contributed by atoms with van der Waals surface area (Å²) in [5.41, 5.74) is 0.876. The number of aromatic nitrogens is 1. The molecule has 0 saturated heterocycles. The van der Waals surface area contributed by atoms with Crippen molar-refractivity contribution in [1.29, 1.82) is 0 Å². The van der Waals surface area contributed by atoms with E-state index in [9.17, 15) is 13.2 Å². The maximum atomic E-state index is 11.7. The van der Waals surface area contributed by atoms with Gasteiger partial charge in [-0.3, -0.25) is 9.78 Å². The highest BCUT2D eigenvalue weighted by atomic mass is 32.2. The average Bonchev–Trinajstić information content (AvgIpc) is 2.36. The van der Waals surface area contributed by atoms with Crippen molar-refractivity contribution in [3.8, 4) is 0 Å². The number of nitrogens with one attached hydrogen (secondary N) is 1. The van der Waals surface area contributed by atoms with E-state index in [4.69, 9.17) is 0 Å². The van der Waals surface area contributed by atoms with E-state index in [1.54, 1.807) is 24.5 Å². The topological polar surface area (TPSA) is 85.4 Å². The zero-order valence-corrected chi connectivity index (χ0v) is 11.1. The highest BCUT2D eigenvalue weighted by Gasteiger charge is 2.20. The number of ether oxygens (including phenoxy) is 1. The van der Waals surface area contributed by atoms with Gasteiger partial charge in [-0.25, -0.2) is 13.1 Å². The van der Waals surface area contributed by atoms with Gasteiger partial charge in [0, 0.05) is 12.4 Å². The van der Waals surface area contributed by atoms with Gasteiger partial charge in [0.1, 0.15) is 6.04 Å². The molecule has 1 atom stereocenters. The number of hydrogen-bond acceptors (Lipinski definition) is 5. The number of hydrogen-bond donors (Lipinski definition) is 1. The molecule has 1 rings (SSSR count). The molecular formula is C11H16N2O4S. The molecule has 1 aromatic rings. The number of rotatable bonds is 6. The molecule has 0 fully saturated rings. The standard InChI is InChI=1S/C11H16N2O4S/c1-9(11(14)17-2)13-18(15,16)8-5-10-3-6-12-7-4-10/h3-4,6-7,9,13H,5,8H2,1-2H3. The SMILES string of the molecule is COC(=O)C(C)NS(=O)(=O)CCc1ccncc1. The summed E-state index contributed by atoms with van der Waals surface area (Å²) >= 11 is 0. The number of esters is 1. The van der Waals surface area contributed by atoms with E-state index >= 15 is 0 Å². The minimum atomic E-state index is -3.51. The van der Waals surface area contributed by atoms with E-state index in [1.807, 2.05) is 0 Å².